The summed E-state index contributed by atoms with van der Waals surface area (Å²) in [6.45, 7) is 4.16. The Bertz CT molecular complexity index is 531. The molecule has 1 aliphatic heterocycles. The molecule has 1 fully saturated rings. The molecular weight excluding hydrogens is 320 g/mol. The lowest BCUT2D eigenvalue weighted by Gasteiger charge is -2.26. The second-order valence-electron chi connectivity index (χ2n) is 6.32. The number of hydrogen-bond donors (Lipinski definition) is 1. The topological polar surface area (TPSA) is 60.0 Å². The molecule has 6 nitrogen and oxygen atoms in total. The Morgan fingerprint density at radius 3 is 2.24 bits per heavy atom. The lowest BCUT2D eigenvalue weighted by atomic mass is 10.1. The van der Waals surface area contributed by atoms with Gasteiger partial charge in [0.15, 0.2) is 11.5 Å². The van der Waals surface area contributed by atoms with Gasteiger partial charge >= 0.3 is 0 Å². The van der Waals surface area contributed by atoms with Crippen molar-refractivity contribution in [2.75, 3.05) is 47.5 Å². The Morgan fingerprint density at radius 1 is 1.04 bits per heavy atom. The largest absolute Gasteiger partial charge is 0.493 e. The highest BCUT2D eigenvalue weighted by Gasteiger charge is 2.15. The molecule has 0 aromatic heterocycles. The minimum atomic E-state index is 0.00733. The van der Waals surface area contributed by atoms with Gasteiger partial charge in [-0.05, 0) is 56.6 Å². The molecule has 140 valence electrons. The standard InChI is InChI=1S/C19H30N2O4/c1-23-16-12-15(13-17(24-2)19(16)25-3)14-18(22)20-8-7-11-21-9-5-4-6-10-21/h12-13H,4-11,14H2,1-3H3,(H,20,22). The first kappa shape index (κ1) is 19.4. The third-order valence-electron chi connectivity index (χ3n) is 4.51. The number of carbonyl (C=O) groups excluding carboxylic acids is 1. The van der Waals surface area contributed by atoms with E-state index >= 15 is 0 Å². The van der Waals surface area contributed by atoms with E-state index in [0.717, 1.165) is 18.5 Å². The molecule has 1 aromatic carbocycles. The first-order valence-corrected chi connectivity index (χ1v) is 8.96. The van der Waals surface area contributed by atoms with E-state index in [-0.39, 0.29) is 5.91 Å². The van der Waals surface area contributed by atoms with Crippen molar-refractivity contribution in [3.63, 3.8) is 0 Å². The van der Waals surface area contributed by atoms with Gasteiger partial charge in [0.05, 0.1) is 27.8 Å². The van der Waals surface area contributed by atoms with Crippen molar-refractivity contribution >= 4 is 5.91 Å². The molecule has 0 aliphatic carbocycles. The number of piperidine rings is 1. The van der Waals surface area contributed by atoms with Gasteiger partial charge in [-0.2, -0.15) is 0 Å². The molecule has 0 unspecified atom stereocenters. The summed E-state index contributed by atoms with van der Waals surface area (Å²) in [5, 5.41) is 3.00. The Morgan fingerprint density at radius 2 is 1.68 bits per heavy atom. The van der Waals surface area contributed by atoms with E-state index in [1.54, 1.807) is 21.3 Å². The summed E-state index contributed by atoms with van der Waals surface area (Å²) in [5.41, 5.74) is 0.836. The van der Waals surface area contributed by atoms with Crippen molar-refractivity contribution in [2.24, 2.45) is 0 Å². The van der Waals surface area contributed by atoms with Crippen molar-refractivity contribution in [1.29, 1.82) is 0 Å². The molecule has 1 heterocycles. The predicted molar refractivity (Wildman–Crippen MR) is 97.7 cm³/mol. The summed E-state index contributed by atoms with van der Waals surface area (Å²) in [4.78, 5) is 14.7. The number of rotatable bonds is 9. The van der Waals surface area contributed by atoms with Gasteiger partial charge in [0, 0.05) is 6.54 Å². The van der Waals surface area contributed by atoms with E-state index in [1.165, 1.54) is 32.4 Å². The van der Waals surface area contributed by atoms with Crippen LogP contribution in [0.5, 0.6) is 17.2 Å². The highest BCUT2D eigenvalue weighted by molar-refractivity contribution is 5.79. The fourth-order valence-electron chi connectivity index (χ4n) is 3.20. The molecule has 1 aromatic rings. The maximum atomic E-state index is 12.2. The van der Waals surface area contributed by atoms with Gasteiger partial charge in [0.2, 0.25) is 11.7 Å². The fraction of sp³-hybridized carbons (Fsp3) is 0.632. The molecule has 0 radical (unpaired) electrons. The van der Waals surface area contributed by atoms with Crippen LogP contribution in [0.1, 0.15) is 31.2 Å². The second kappa shape index (κ2) is 10.1. The van der Waals surface area contributed by atoms with Crippen LogP contribution >= 0.6 is 0 Å². The Kier molecular flexibility index (Phi) is 7.85. The summed E-state index contributed by atoms with van der Waals surface area (Å²) in [5.74, 6) is 1.67. The quantitative estimate of drug-likeness (QED) is 0.692. The predicted octanol–water partition coefficient (Wildman–Crippen LogP) is 2.25. The summed E-state index contributed by atoms with van der Waals surface area (Å²) in [6.07, 6.45) is 5.23. The van der Waals surface area contributed by atoms with Gasteiger partial charge in [0.25, 0.3) is 0 Å². The number of hydrogen-bond acceptors (Lipinski definition) is 5. The minimum absolute atomic E-state index is 0.00733. The maximum Gasteiger partial charge on any atom is 0.224 e. The highest BCUT2D eigenvalue weighted by atomic mass is 16.5. The van der Waals surface area contributed by atoms with Crippen LogP contribution < -0.4 is 19.5 Å². The molecular formula is C19H30N2O4. The van der Waals surface area contributed by atoms with Crippen molar-refractivity contribution in [1.82, 2.24) is 10.2 Å². The van der Waals surface area contributed by atoms with Crippen LogP contribution in [0.3, 0.4) is 0 Å². The van der Waals surface area contributed by atoms with Crippen LogP contribution in [-0.2, 0) is 11.2 Å². The Labute approximate surface area is 150 Å². The fourth-order valence-corrected chi connectivity index (χ4v) is 3.20. The summed E-state index contributed by atoms with van der Waals surface area (Å²) < 4.78 is 15.9. The molecule has 1 saturated heterocycles. The molecule has 0 bridgehead atoms. The number of nitrogens with zero attached hydrogens (tertiary/aromatic N) is 1. The molecule has 6 heteroatoms. The van der Waals surface area contributed by atoms with Gasteiger partial charge in [-0.1, -0.05) is 6.42 Å². The first-order valence-electron chi connectivity index (χ1n) is 8.96. The van der Waals surface area contributed by atoms with Crippen LogP contribution in [0.15, 0.2) is 12.1 Å². The summed E-state index contributed by atoms with van der Waals surface area (Å²) in [6, 6.07) is 3.63. The van der Waals surface area contributed by atoms with E-state index in [1.807, 2.05) is 12.1 Å². The van der Waals surface area contributed by atoms with Crippen LogP contribution in [-0.4, -0.2) is 58.3 Å². The maximum absolute atomic E-state index is 12.2. The van der Waals surface area contributed by atoms with E-state index in [0.29, 0.717) is 30.2 Å². The monoisotopic (exact) mass is 350 g/mol. The zero-order valence-corrected chi connectivity index (χ0v) is 15.6. The number of methoxy groups -OCH3 is 3. The van der Waals surface area contributed by atoms with Crippen molar-refractivity contribution in [2.45, 2.75) is 32.1 Å². The van der Waals surface area contributed by atoms with Crippen molar-refractivity contribution in [3.8, 4) is 17.2 Å². The number of likely N-dealkylation sites (tertiary alicyclic amines) is 1. The van der Waals surface area contributed by atoms with Crippen LogP contribution in [0.4, 0.5) is 0 Å². The molecule has 1 N–H and O–H groups in total. The zero-order valence-electron chi connectivity index (χ0n) is 15.6. The molecule has 0 atom stereocenters. The third kappa shape index (κ3) is 5.81. The molecule has 1 amide bonds. The average Bonchev–Trinajstić information content (AvgIpc) is 2.65. The molecule has 25 heavy (non-hydrogen) atoms. The molecule has 0 saturated carbocycles. The zero-order chi connectivity index (χ0) is 18.1. The van der Waals surface area contributed by atoms with Crippen LogP contribution in [0.2, 0.25) is 0 Å². The third-order valence-corrected chi connectivity index (χ3v) is 4.51. The van der Waals surface area contributed by atoms with E-state index in [2.05, 4.69) is 10.2 Å². The van der Waals surface area contributed by atoms with Crippen LogP contribution in [0.25, 0.3) is 0 Å². The van der Waals surface area contributed by atoms with Crippen molar-refractivity contribution < 1.29 is 19.0 Å². The average molecular weight is 350 g/mol. The number of nitrogens with one attached hydrogen (secondary N) is 1. The van der Waals surface area contributed by atoms with Gasteiger partial charge in [-0.25, -0.2) is 0 Å². The van der Waals surface area contributed by atoms with Gasteiger partial charge < -0.3 is 24.4 Å². The molecule has 0 spiro atoms. The smallest absolute Gasteiger partial charge is 0.224 e. The van der Waals surface area contributed by atoms with Gasteiger partial charge in [-0.3, -0.25) is 4.79 Å². The molecule has 2 rings (SSSR count). The lowest BCUT2D eigenvalue weighted by Crippen LogP contribution is -2.33. The van der Waals surface area contributed by atoms with Gasteiger partial charge in [0.1, 0.15) is 0 Å². The normalized spacial score (nSPS) is 14.8. The minimum Gasteiger partial charge on any atom is -0.493 e. The Balaban J connectivity index is 1.81. The number of ether oxygens (including phenoxy) is 3. The lowest BCUT2D eigenvalue weighted by molar-refractivity contribution is -0.120. The van der Waals surface area contributed by atoms with Crippen LogP contribution in [0, 0.1) is 0 Å². The number of amides is 1. The van der Waals surface area contributed by atoms with Crippen molar-refractivity contribution in [3.05, 3.63) is 17.7 Å². The summed E-state index contributed by atoms with van der Waals surface area (Å²) >= 11 is 0. The summed E-state index contributed by atoms with van der Waals surface area (Å²) in [7, 11) is 4.71. The Hall–Kier alpha value is -1.95. The van der Waals surface area contributed by atoms with Gasteiger partial charge in [-0.15, -0.1) is 0 Å². The van der Waals surface area contributed by atoms with E-state index < -0.39 is 0 Å². The van der Waals surface area contributed by atoms with E-state index in [4.69, 9.17) is 14.2 Å². The molecule has 1 aliphatic rings. The number of carbonyl (C=O) groups is 1. The van der Waals surface area contributed by atoms with E-state index in [9.17, 15) is 4.79 Å². The SMILES string of the molecule is COc1cc(CC(=O)NCCCN2CCCCC2)cc(OC)c1OC. The highest BCUT2D eigenvalue weighted by Crippen LogP contribution is 2.38. The number of benzene rings is 1. The first-order chi connectivity index (χ1) is 12.2. The second-order valence-corrected chi connectivity index (χ2v) is 6.32.